The Morgan fingerprint density at radius 3 is 2.83 bits per heavy atom. The van der Waals surface area contributed by atoms with Gasteiger partial charge in [-0.3, -0.25) is 4.79 Å². The molecule has 0 aliphatic rings. The zero-order chi connectivity index (χ0) is 17.5. The lowest BCUT2D eigenvalue weighted by atomic mass is 10.1. The number of nitrogens with one attached hydrogen (secondary N) is 1. The number of amides is 1. The van der Waals surface area contributed by atoms with Gasteiger partial charge in [0.05, 0.1) is 6.54 Å². The first-order valence-electron chi connectivity index (χ1n) is 7.40. The van der Waals surface area contributed by atoms with E-state index in [9.17, 15) is 9.59 Å². The van der Waals surface area contributed by atoms with Crippen molar-refractivity contribution in [3.05, 3.63) is 62.3 Å². The summed E-state index contributed by atoms with van der Waals surface area (Å²) in [6, 6.07) is 9.68. The number of carbonyl (C=O) groups excluding carboxylic acids is 2. The molecular formula is C18H18BrNO3S. The minimum atomic E-state index is -0.844. The molecule has 1 N–H and O–H groups in total. The Hall–Kier alpha value is -1.92. The van der Waals surface area contributed by atoms with Crippen LogP contribution in [0.4, 0.5) is 0 Å². The normalized spacial score (nSPS) is 12.1. The lowest BCUT2D eigenvalue weighted by Gasteiger charge is -2.11. The van der Waals surface area contributed by atoms with Crippen LogP contribution in [0.3, 0.4) is 0 Å². The number of esters is 1. The van der Waals surface area contributed by atoms with Gasteiger partial charge in [-0.05, 0) is 48.6 Å². The fraction of sp³-hybridized carbons (Fsp3) is 0.222. The van der Waals surface area contributed by atoms with Gasteiger partial charge in [0.1, 0.15) is 0 Å². The second kappa shape index (κ2) is 8.80. The smallest absolute Gasteiger partial charge is 0.331 e. The zero-order valence-electron chi connectivity index (χ0n) is 13.4. The predicted molar refractivity (Wildman–Crippen MR) is 99.6 cm³/mol. The number of thiophene rings is 1. The number of aryl methyl sites for hydroxylation is 1. The van der Waals surface area contributed by atoms with E-state index in [4.69, 9.17) is 4.74 Å². The molecule has 0 spiro atoms. The quantitative estimate of drug-likeness (QED) is 0.579. The van der Waals surface area contributed by atoms with Gasteiger partial charge in [0, 0.05) is 15.4 Å². The average Bonchev–Trinajstić information content (AvgIpc) is 3.05. The Bertz CT molecular complexity index is 741. The van der Waals surface area contributed by atoms with Crippen LogP contribution < -0.4 is 5.32 Å². The van der Waals surface area contributed by atoms with E-state index in [1.54, 1.807) is 24.3 Å². The number of hydrogen-bond donors (Lipinski definition) is 1. The fourth-order valence-electron chi connectivity index (χ4n) is 1.92. The molecule has 0 fully saturated rings. The highest BCUT2D eigenvalue weighted by molar-refractivity contribution is 9.10. The van der Waals surface area contributed by atoms with Gasteiger partial charge < -0.3 is 10.1 Å². The Morgan fingerprint density at radius 2 is 2.17 bits per heavy atom. The molecule has 4 nitrogen and oxygen atoms in total. The minimum absolute atomic E-state index is 0.318. The number of hydrogen-bond acceptors (Lipinski definition) is 4. The van der Waals surface area contributed by atoms with E-state index in [1.807, 2.05) is 42.6 Å². The van der Waals surface area contributed by atoms with Gasteiger partial charge in [-0.1, -0.05) is 34.1 Å². The Balaban J connectivity index is 1.84. The third-order valence-electron chi connectivity index (χ3n) is 3.23. The number of benzene rings is 1. The molecule has 0 saturated carbocycles. The van der Waals surface area contributed by atoms with Gasteiger partial charge in [0.15, 0.2) is 6.10 Å². The highest BCUT2D eigenvalue weighted by atomic mass is 79.9. The summed E-state index contributed by atoms with van der Waals surface area (Å²) in [6.07, 6.45) is 2.13. The standard InChI is InChI=1S/C18H18BrNO3S/c1-12-5-6-14(16(19)10-12)7-8-17(21)23-13(2)18(22)20-11-15-4-3-9-24-15/h3-10,13H,11H2,1-2H3,(H,20,22)/b8-7+/t13-/m0/s1. The third kappa shape index (κ3) is 5.62. The first-order chi connectivity index (χ1) is 11.5. The van der Waals surface area contributed by atoms with Crippen LogP contribution in [0.25, 0.3) is 6.08 Å². The van der Waals surface area contributed by atoms with E-state index in [2.05, 4.69) is 21.2 Å². The third-order valence-corrected chi connectivity index (χ3v) is 4.80. The minimum Gasteiger partial charge on any atom is -0.449 e. The molecule has 1 aromatic heterocycles. The van der Waals surface area contributed by atoms with Crippen LogP contribution >= 0.6 is 27.3 Å². The van der Waals surface area contributed by atoms with Crippen LogP contribution in [0.5, 0.6) is 0 Å². The predicted octanol–water partition coefficient (Wildman–Crippen LogP) is 4.08. The molecule has 0 unspecified atom stereocenters. The maximum Gasteiger partial charge on any atom is 0.331 e. The average molecular weight is 408 g/mol. The highest BCUT2D eigenvalue weighted by Gasteiger charge is 2.16. The van der Waals surface area contributed by atoms with Gasteiger partial charge in [-0.25, -0.2) is 4.79 Å². The zero-order valence-corrected chi connectivity index (χ0v) is 15.8. The van der Waals surface area contributed by atoms with Crippen LogP contribution in [-0.4, -0.2) is 18.0 Å². The fourth-order valence-corrected chi connectivity index (χ4v) is 3.19. The van der Waals surface area contributed by atoms with Crippen molar-refractivity contribution in [1.29, 1.82) is 0 Å². The molecule has 0 aliphatic heterocycles. The van der Waals surface area contributed by atoms with Crippen LogP contribution in [-0.2, 0) is 20.9 Å². The summed E-state index contributed by atoms with van der Waals surface area (Å²) >= 11 is 5.00. The van der Waals surface area contributed by atoms with Gasteiger partial charge in [-0.15, -0.1) is 11.3 Å². The van der Waals surface area contributed by atoms with E-state index in [-0.39, 0.29) is 5.91 Å². The molecule has 1 aromatic carbocycles. The van der Waals surface area contributed by atoms with Crippen LogP contribution in [0.2, 0.25) is 0 Å². The van der Waals surface area contributed by atoms with Crippen molar-refractivity contribution in [1.82, 2.24) is 5.32 Å². The second-order valence-corrected chi connectivity index (χ2v) is 7.12. The molecule has 2 aromatic rings. The van der Waals surface area contributed by atoms with Crippen molar-refractivity contribution in [2.45, 2.75) is 26.5 Å². The topological polar surface area (TPSA) is 55.4 Å². The molecule has 1 heterocycles. The molecular weight excluding hydrogens is 390 g/mol. The highest BCUT2D eigenvalue weighted by Crippen LogP contribution is 2.19. The molecule has 0 aliphatic carbocycles. The van der Waals surface area contributed by atoms with E-state index in [0.29, 0.717) is 6.54 Å². The van der Waals surface area contributed by atoms with E-state index in [1.165, 1.54) is 6.08 Å². The largest absolute Gasteiger partial charge is 0.449 e. The molecule has 2 rings (SSSR count). The number of rotatable bonds is 6. The Morgan fingerprint density at radius 1 is 1.38 bits per heavy atom. The van der Waals surface area contributed by atoms with Gasteiger partial charge >= 0.3 is 5.97 Å². The molecule has 1 amide bonds. The SMILES string of the molecule is Cc1ccc(/C=C/C(=O)O[C@@H](C)C(=O)NCc2cccs2)c(Br)c1. The van der Waals surface area contributed by atoms with Gasteiger partial charge in [0.25, 0.3) is 5.91 Å². The lowest BCUT2D eigenvalue weighted by molar-refractivity contribution is -0.150. The Labute approximate surface area is 153 Å². The summed E-state index contributed by atoms with van der Waals surface area (Å²) in [6.45, 7) is 3.98. The first-order valence-corrected chi connectivity index (χ1v) is 9.08. The van der Waals surface area contributed by atoms with Crippen LogP contribution in [0.1, 0.15) is 22.9 Å². The van der Waals surface area contributed by atoms with Crippen molar-refractivity contribution >= 4 is 45.2 Å². The van der Waals surface area contributed by atoms with E-state index in [0.717, 1.165) is 20.5 Å². The molecule has 126 valence electrons. The van der Waals surface area contributed by atoms with E-state index >= 15 is 0 Å². The molecule has 0 radical (unpaired) electrons. The maximum absolute atomic E-state index is 11.9. The van der Waals surface area contributed by atoms with Crippen molar-refractivity contribution in [2.75, 3.05) is 0 Å². The summed E-state index contributed by atoms with van der Waals surface area (Å²) < 4.78 is 6.01. The Kier molecular flexibility index (Phi) is 6.75. The molecule has 0 bridgehead atoms. The summed E-state index contributed by atoms with van der Waals surface area (Å²) in [5, 5.41) is 4.69. The summed E-state index contributed by atoms with van der Waals surface area (Å²) in [5.41, 5.74) is 1.99. The summed E-state index contributed by atoms with van der Waals surface area (Å²) in [5.74, 6) is -0.872. The second-order valence-electron chi connectivity index (χ2n) is 5.23. The molecule has 24 heavy (non-hydrogen) atoms. The lowest BCUT2D eigenvalue weighted by Crippen LogP contribution is -2.34. The van der Waals surface area contributed by atoms with Crippen molar-refractivity contribution < 1.29 is 14.3 Å². The van der Waals surface area contributed by atoms with Crippen LogP contribution in [0.15, 0.2) is 46.3 Å². The van der Waals surface area contributed by atoms with E-state index < -0.39 is 12.1 Å². The number of carbonyl (C=O) groups is 2. The molecule has 6 heteroatoms. The number of ether oxygens (including phenoxy) is 1. The van der Waals surface area contributed by atoms with Crippen LogP contribution in [0, 0.1) is 6.92 Å². The van der Waals surface area contributed by atoms with Crippen molar-refractivity contribution in [2.24, 2.45) is 0 Å². The monoisotopic (exact) mass is 407 g/mol. The van der Waals surface area contributed by atoms with Crippen molar-refractivity contribution in [3.63, 3.8) is 0 Å². The summed E-state index contributed by atoms with van der Waals surface area (Å²) in [7, 11) is 0. The number of halogens is 1. The van der Waals surface area contributed by atoms with Gasteiger partial charge in [-0.2, -0.15) is 0 Å². The maximum atomic E-state index is 11.9. The van der Waals surface area contributed by atoms with Gasteiger partial charge in [0.2, 0.25) is 0 Å². The first kappa shape index (κ1) is 18.4. The summed E-state index contributed by atoms with van der Waals surface area (Å²) in [4.78, 5) is 24.8. The van der Waals surface area contributed by atoms with Crippen molar-refractivity contribution in [3.8, 4) is 0 Å². The molecule has 0 saturated heterocycles. The molecule has 1 atom stereocenters.